The molecule has 0 bridgehead atoms. The molecular formula is C80H133N31O23. The van der Waals surface area contributed by atoms with E-state index in [1.807, 2.05) is 0 Å². The van der Waals surface area contributed by atoms with Crippen molar-refractivity contribution in [2.24, 2.45) is 46.1 Å². The summed E-state index contributed by atoms with van der Waals surface area (Å²) in [4.78, 5) is 250. The summed E-state index contributed by atoms with van der Waals surface area (Å²) in [5.41, 5.74) is 39.7. The zero-order valence-corrected chi connectivity index (χ0v) is 75.0. The van der Waals surface area contributed by atoms with Crippen molar-refractivity contribution in [2.75, 3.05) is 45.9 Å². The second-order valence-electron chi connectivity index (χ2n) is 32.0. The predicted octanol–water partition coefficient (Wildman–Crippen LogP) is -12.1. The number of guanidine groups is 3. The monoisotopic (exact) mass is 1900 g/mol. The number of aliphatic carboxylic acids is 2. The van der Waals surface area contributed by atoms with E-state index in [0.29, 0.717) is 12.0 Å². The normalized spacial score (nSPS) is 14.9. The number of nitrogens with two attached hydrogens (primary N) is 7. The van der Waals surface area contributed by atoms with Crippen LogP contribution in [0.2, 0.25) is 0 Å². The number of unbranched alkanes of at least 4 members (excludes halogenated alkanes) is 2. The number of benzene rings is 1. The number of hydrogen-bond donors (Lipinski definition) is 35. The lowest BCUT2D eigenvalue weighted by Gasteiger charge is -2.29. The quantitative estimate of drug-likeness (QED) is 0.0142. The standard InChI is InChI=1S/C80H133N31O23/c1-40(2)29-52(68(124)100-48(18-9-11-25-82)67(123)110-62(42(4)115)76(132)107-55(32-45-35-92-39-97-45)72(128)111-61(41(3)114)75(131)102-51(77(133)134)21-14-28-95-80(89)90)103-70(126)54(31-44-34-91-38-96-44)105-71(127)56(33-60(117)118)106-74(130)58(37-113)108-66(122)50(20-13-27-94-79(87)88)101-73(129)57(36-112)109-69(125)53(30-43-15-6-5-7-16-43)104-65(121)47(17-8-10-24-81)99-64(120)49(19-12-26-93-78(85)86)98-63(119)46(83)22-23-59(84)116/h5-7,15-16,34-35,38-42,46-58,61-62,112-115H,8-14,17-33,36-37,81-83H2,1-4H3,(H2,84,116)(H,91,96)(H,92,97)(H,98,119)(H,99,120)(H,100,124)(H,101,129)(H,102,131)(H,103,126)(H,104,121)(H,105,127)(H,106,130)(H,107,132)(H,108,122)(H,109,125)(H,110,123)(H,111,128)(H,117,118)(H,133,134)(H4,85,86,93)(H4,87,88,94)(H4,89,90,95)/t41-,42-,46+,47+,48+,49+,50+,51+,52+,53+,54+,55+,56+,57+,58+,61+,62+/m1/s1. The maximum atomic E-state index is 14.8. The number of aromatic amines is 2. The third-order valence-electron chi connectivity index (χ3n) is 20.3. The van der Waals surface area contributed by atoms with Crippen LogP contribution in [-0.2, 0) is 101 Å². The summed E-state index contributed by atoms with van der Waals surface area (Å²) in [5.74, 6) is -21.7. The third kappa shape index (κ3) is 43.9. The molecule has 15 amide bonds. The molecule has 0 unspecified atom stereocenters. The zero-order chi connectivity index (χ0) is 100. The molecule has 0 fully saturated rings. The summed E-state index contributed by atoms with van der Waals surface area (Å²) < 4.78 is 0. The number of amides is 15. The van der Waals surface area contributed by atoms with Gasteiger partial charge in [-0.25, -0.2) is 14.8 Å². The average molecular weight is 1900 g/mol. The van der Waals surface area contributed by atoms with E-state index >= 15 is 0 Å². The fourth-order valence-electron chi connectivity index (χ4n) is 13.1. The number of aliphatic hydroxyl groups is 4. The van der Waals surface area contributed by atoms with Crippen molar-refractivity contribution in [3.63, 3.8) is 0 Å². The number of aromatic nitrogens is 4. The molecule has 0 aliphatic carbocycles. The molecule has 3 rings (SSSR count). The van der Waals surface area contributed by atoms with Gasteiger partial charge in [0.15, 0.2) is 17.9 Å². The smallest absolute Gasteiger partial charge is 0.326 e. The lowest BCUT2D eigenvalue weighted by Crippen LogP contribution is -2.63. The van der Waals surface area contributed by atoms with Gasteiger partial charge in [0.1, 0.15) is 84.6 Å². The van der Waals surface area contributed by atoms with Crippen LogP contribution in [0.4, 0.5) is 0 Å². The van der Waals surface area contributed by atoms with E-state index in [1.165, 1.54) is 25.0 Å². The first-order valence-electron chi connectivity index (χ1n) is 43.4. The second kappa shape index (κ2) is 61.0. The van der Waals surface area contributed by atoms with Crippen LogP contribution in [-0.4, -0.2) is 318 Å². The summed E-state index contributed by atoms with van der Waals surface area (Å²) in [6.07, 6.45) is -1.39. The Morgan fingerprint density at radius 3 is 1.05 bits per heavy atom. The van der Waals surface area contributed by atoms with Crippen LogP contribution in [0.1, 0.15) is 147 Å². The molecule has 0 saturated heterocycles. The van der Waals surface area contributed by atoms with Crippen LogP contribution in [0.5, 0.6) is 0 Å². The Bertz CT molecular complexity index is 4340. The lowest BCUT2D eigenvalue weighted by atomic mass is 10.0. The minimum absolute atomic E-state index is 0.0588. The summed E-state index contributed by atoms with van der Waals surface area (Å²) in [7, 11) is 0. The fourth-order valence-corrected chi connectivity index (χ4v) is 13.1. The van der Waals surface area contributed by atoms with Crippen LogP contribution >= 0.6 is 0 Å². The van der Waals surface area contributed by atoms with Gasteiger partial charge in [-0.2, -0.15) is 0 Å². The Morgan fingerprint density at radius 2 is 0.694 bits per heavy atom. The van der Waals surface area contributed by atoms with Gasteiger partial charge in [0.05, 0.1) is 61.9 Å². The van der Waals surface area contributed by atoms with Crippen LogP contribution in [0, 0.1) is 22.1 Å². The molecule has 17 atom stereocenters. The first kappa shape index (κ1) is 114. The molecule has 0 radical (unpaired) electrons. The molecule has 0 aliphatic rings. The number of carboxylic acid groups (broad SMARTS) is 2. The highest BCUT2D eigenvalue weighted by Gasteiger charge is 2.41. The Kier molecular flexibility index (Phi) is 52.0. The highest BCUT2D eigenvalue weighted by Crippen LogP contribution is 2.15. The minimum Gasteiger partial charge on any atom is -0.481 e. The van der Waals surface area contributed by atoms with Gasteiger partial charge in [0, 0.05) is 57.7 Å². The van der Waals surface area contributed by atoms with E-state index in [4.69, 9.17) is 56.4 Å². The van der Waals surface area contributed by atoms with Crippen molar-refractivity contribution >= 4 is 118 Å². The molecule has 42 N–H and O–H groups in total. The van der Waals surface area contributed by atoms with Gasteiger partial charge in [-0.15, -0.1) is 0 Å². The number of carboxylic acids is 2. The second-order valence-corrected chi connectivity index (χ2v) is 32.0. The van der Waals surface area contributed by atoms with E-state index < -0.39 is 260 Å². The van der Waals surface area contributed by atoms with Gasteiger partial charge in [-0.05, 0) is 128 Å². The maximum absolute atomic E-state index is 14.8. The fraction of sp³-hybridized carbons (Fsp3) is 0.600. The Morgan fingerprint density at radius 1 is 0.381 bits per heavy atom. The number of rotatable bonds is 66. The number of hydrogen-bond acceptors (Lipinski definition) is 29. The Labute approximate surface area is 771 Å². The van der Waals surface area contributed by atoms with Gasteiger partial charge >= 0.3 is 11.9 Å². The molecule has 0 saturated carbocycles. The topological polar surface area (TPSA) is 927 Å². The van der Waals surface area contributed by atoms with Crippen LogP contribution in [0.25, 0.3) is 0 Å². The molecule has 54 heteroatoms. The molecule has 3 aromatic rings. The molecule has 746 valence electrons. The average Bonchev–Trinajstić information content (AvgIpc) is 1.05. The number of aliphatic hydroxyl groups excluding tert-OH is 4. The summed E-state index contributed by atoms with van der Waals surface area (Å²) in [6.45, 7) is 3.26. The largest absolute Gasteiger partial charge is 0.481 e. The summed E-state index contributed by atoms with van der Waals surface area (Å²) in [6, 6.07) is -17.8. The number of primary amides is 1. The van der Waals surface area contributed by atoms with Crippen LogP contribution < -0.4 is 131 Å². The van der Waals surface area contributed by atoms with E-state index in [-0.39, 0.29) is 140 Å². The predicted molar refractivity (Wildman–Crippen MR) is 478 cm³/mol. The SMILES string of the molecule is CC(C)C[C@H](NC(=O)[C@H](Cc1c[nH]cn1)NC(=O)[C@H](CC(=O)O)NC(=O)[C@H](CO)NC(=O)[C@H](CCCNC(=N)N)NC(=O)[C@H](CO)NC(=O)[C@H](Cc1ccccc1)NC(=O)[C@H](CCCCN)NC(=O)[C@H](CCCNC(=N)N)NC(=O)[C@@H](N)CCC(N)=O)C(=O)N[C@@H](CCCCN)C(=O)N[C@H](C(=O)N[C@@H](Cc1c[nH]cn1)C(=O)N[C@H](C(=O)N[C@@H](CCCNC(=N)N)C(=O)O)[C@@H](C)O)[C@@H](C)O. The van der Waals surface area contributed by atoms with Crippen molar-refractivity contribution in [2.45, 2.75) is 253 Å². The number of carbonyl (C=O) groups excluding carboxylic acids is 15. The van der Waals surface area contributed by atoms with E-state index in [0.717, 1.165) is 13.8 Å². The molecular weight excluding hydrogens is 1760 g/mol. The third-order valence-corrected chi connectivity index (χ3v) is 20.3. The number of nitrogens with one attached hydrogen (secondary N) is 22. The maximum Gasteiger partial charge on any atom is 0.326 e. The van der Waals surface area contributed by atoms with E-state index in [2.05, 4.69) is 110 Å². The molecule has 0 aliphatic heterocycles. The van der Waals surface area contributed by atoms with Gasteiger partial charge in [-0.3, -0.25) is 92.9 Å². The molecule has 1 aromatic carbocycles. The Hall–Kier alpha value is -13.8. The first-order chi connectivity index (χ1) is 63.4. The van der Waals surface area contributed by atoms with E-state index in [9.17, 15) is 112 Å². The van der Waals surface area contributed by atoms with Crippen molar-refractivity contribution in [1.29, 1.82) is 16.2 Å². The van der Waals surface area contributed by atoms with Crippen molar-refractivity contribution in [3.8, 4) is 0 Å². The summed E-state index contributed by atoms with van der Waals surface area (Å²) >= 11 is 0. The number of nitrogens with zero attached hydrogens (tertiary/aromatic N) is 2. The van der Waals surface area contributed by atoms with Crippen molar-refractivity contribution in [3.05, 3.63) is 72.3 Å². The van der Waals surface area contributed by atoms with Gasteiger partial charge in [0.2, 0.25) is 88.6 Å². The minimum atomic E-state index is -2.18. The first-order valence-corrected chi connectivity index (χ1v) is 43.4. The van der Waals surface area contributed by atoms with Crippen molar-refractivity contribution in [1.82, 2.24) is 110 Å². The van der Waals surface area contributed by atoms with Gasteiger partial charge in [0.25, 0.3) is 0 Å². The molecule has 0 spiro atoms. The number of carbonyl (C=O) groups is 17. The molecule has 2 aromatic heterocycles. The zero-order valence-electron chi connectivity index (χ0n) is 75.0. The highest BCUT2D eigenvalue weighted by atomic mass is 16.4. The molecule has 2 heterocycles. The van der Waals surface area contributed by atoms with Crippen LogP contribution in [0.15, 0.2) is 55.4 Å². The number of H-pyrrole nitrogens is 2. The van der Waals surface area contributed by atoms with E-state index in [1.54, 1.807) is 44.2 Å². The lowest BCUT2D eigenvalue weighted by molar-refractivity contribution is -0.143. The molecule has 54 nitrogen and oxygen atoms in total. The van der Waals surface area contributed by atoms with Gasteiger partial charge < -0.3 is 171 Å². The van der Waals surface area contributed by atoms with Gasteiger partial charge in [-0.1, -0.05) is 44.2 Å². The van der Waals surface area contributed by atoms with Crippen molar-refractivity contribution < 1.29 is 112 Å². The van der Waals surface area contributed by atoms with Crippen LogP contribution in [0.3, 0.4) is 0 Å². The summed E-state index contributed by atoms with van der Waals surface area (Å²) in [5, 5.41) is 127. The molecule has 134 heavy (non-hydrogen) atoms. The Balaban J connectivity index is 1.96. The highest BCUT2D eigenvalue weighted by molar-refractivity contribution is 6.01. The number of imidazole rings is 2.